The number of aromatic nitrogens is 1. The Morgan fingerprint density at radius 1 is 1.07 bits per heavy atom. The molecule has 0 bridgehead atoms. The van der Waals surface area contributed by atoms with Gasteiger partial charge in [0.05, 0.1) is 0 Å². The van der Waals surface area contributed by atoms with Gasteiger partial charge in [-0.25, -0.2) is 4.99 Å². The van der Waals surface area contributed by atoms with Crippen LogP contribution < -0.4 is 26.8 Å². The number of amides is 1. The van der Waals surface area contributed by atoms with Crippen molar-refractivity contribution in [3.63, 3.8) is 0 Å². The Morgan fingerprint density at radius 3 is 2.59 bits per heavy atom. The van der Waals surface area contributed by atoms with Crippen molar-refractivity contribution in [2.75, 3.05) is 4.90 Å². The molecule has 0 atom stereocenters. The predicted octanol–water partition coefficient (Wildman–Crippen LogP) is 2.08. The minimum atomic E-state index is -0.615. The smallest absolute Gasteiger partial charge is 0.267 e. The van der Waals surface area contributed by atoms with E-state index in [0.717, 1.165) is 37.8 Å². The summed E-state index contributed by atoms with van der Waals surface area (Å²) in [4.78, 5) is 26.1. The lowest BCUT2D eigenvalue weighted by Crippen LogP contribution is -2.58. The molecule has 1 aliphatic carbocycles. The van der Waals surface area contributed by atoms with Crippen molar-refractivity contribution >= 4 is 23.5 Å². The Morgan fingerprint density at radius 2 is 1.83 bits per heavy atom. The highest BCUT2D eigenvalue weighted by Gasteiger charge is 2.42. The van der Waals surface area contributed by atoms with Crippen LogP contribution in [0.4, 0.5) is 5.69 Å². The van der Waals surface area contributed by atoms with E-state index in [1.165, 1.54) is 12.3 Å². The second kappa shape index (κ2) is 7.42. The summed E-state index contributed by atoms with van der Waals surface area (Å²) in [7, 11) is 0. The lowest BCUT2D eigenvalue weighted by molar-refractivity contribution is 0.0995. The molecular weight excluding hydrogens is 370 g/mol. The largest absolute Gasteiger partial charge is 0.457 e. The SMILES string of the molecule is NC(=O)c1cc(Oc2cccc(N3C(N)=NC(N)=NC34CCCCC4)c2)ccn1. The highest BCUT2D eigenvalue weighted by molar-refractivity contribution is 6.05. The maximum absolute atomic E-state index is 11.3. The van der Waals surface area contributed by atoms with Crippen LogP contribution in [0.1, 0.15) is 42.6 Å². The third kappa shape index (κ3) is 3.71. The van der Waals surface area contributed by atoms with Gasteiger partial charge in [0, 0.05) is 24.0 Å². The standard InChI is InChI=1S/C20H23N7O2/c21-17(28)16-12-15(7-10-24-16)29-14-6-4-5-13(11-14)27-19(23)25-18(22)26-20(27)8-2-1-3-9-20/h4-7,10-12H,1-3,8-9H2,(H2,21,28)(H4,22,23,25,26). The van der Waals surface area contributed by atoms with Gasteiger partial charge in [0.15, 0.2) is 0 Å². The van der Waals surface area contributed by atoms with E-state index in [0.29, 0.717) is 17.5 Å². The van der Waals surface area contributed by atoms with Crippen LogP contribution in [-0.4, -0.2) is 28.5 Å². The molecule has 2 aliphatic rings. The van der Waals surface area contributed by atoms with Crippen LogP contribution in [0.3, 0.4) is 0 Å². The number of hydrogen-bond acceptors (Lipinski definition) is 8. The van der Waals surface area contributed by atoms with Crippen molar-refractivity contribution in [2.45, 2.75) is 37.8 Å². The molecule has 1 spiro atoms. The van der Waals surface area contributed by atoms with Crippen molar-refractivity contribution in [1.82, 2.24) is 4.98 Å². The number of nitrogens with two attached hydrogens (primary N) is 3. The molecular formula is C20H23N7O2. The van der Waals surface area contributed by atoms with Gasteiger partial charge in [-0.05, 0) is 43.9 Å². The second-order valence-electron chi connectivity index (χ2n) is 7.16. The third-order valence-corrected chi connectivity index (χ3v) is 5.15. The molecule has 1 amide bonds. The molecule has 1 aliphatic heterocycles. The first-order valence-electron chi connectivity index (χ1n) is 9.50. The summed E-state index contributed by atoms with van der Waals surface area (Å²) in [5.41, 5.74) is 17.9. The van der Waals surface area contributed by atoms with Gasteiger partial charge in [-0.3, -0.25) is 14.7 Å². The summed E-state index contributed by atoms with van der Waals surface area (Å²) in [6, 6.07) is 10.6. The molecule has 1 fully saturated rings. The van der Waals surface area contributed by atoms with Crippen molar-refractivity contribution in [2.24, 2.45) is 27.2 Å². The first kappa shape index (κ1) is 18.7. The van der Waals surface area contributed by atoms with E-state index in [2.05, 4.69) is 15.0 Å². The van der Waals surface area contributed by atoms with Gasteiger partial charge in [-0.1, -0.05) is 12.5 Å². The zero-order valence-corrected chi connectivity index (χ0v) is 15.9. The van der Waals surface area contributed by atoms with E-state index < -0.39 is 11.6 Å². The summed E-state index contributed by atoms with van der Waals surface area (Å²) >= 11 is 0. The van der Waals surface area contributed by atoms with Crippen molar-refractivity contribution in [3.8, 4) is 11.5 Å². The number of primary amides is 1. The first-order chi connectivity index (χ1) is 14.0. The molecule has 1 aromatic carbocycles. The molecule has 4 rings (SSSR count). The van der Waals surface area contributed by atoms with Gasteiger partial charge in [0.1, 0.15) is 22.9 Å². The number of nitrogens with zero attached hydrogens (tertiary/aromatic N) is 4. The number of carbonyl (C=O) groups excluding carboxylic acids is 1. The van der Waals surface area contributed by atoms with Crippen molar-refractivity contribution < 1.29 is 9.53 Å². The molecule has 0 radical (unpaired) electrons. The van der Waals surface area contributed by atoms with Crippen molar-refractivity contribution in [3.05, 3.63) is 48.3 Å². The molecule has 1 saturated carbocycles. The molecule has 6 N–H and O–H groups in total. The van der Waals surface area contributed by atoms with E-state index in [-0.39, 0.29) is 11.7 Å². The van der Waals surface area contributed by atoms with Gasteiger partial charge in [0.2, 0.25) is 11.9 Å². The monoisotopic (exact) mass is 393 g/mol. The molecule has 9 nitrogen and oxygen atoms in total. The minimum absolute atomic E-state index is 0.136. The maximum Gasteiger partial charge on any atom is 0.267 e. The normalized spacial score (nSPS) is 18.1. The molecule has 1 aromatic heterocycles. The van der Waals surface area contributed by atoms with E-state index in [1.54, 1.807) is 6.07 Å². The van der Waals surface area contributed by atoms with Crippen LogP contribution in [-0.2, 0) is 0 Å². The first-order valence-corrected chi connectivity index (χ1v) is 9.50. The Hall–Kier alpha value is -3.62. The fourth-order valence-electron chi connectivity index (χ4n) is 3.93. The number of rotatable bonds is 4. The molecule has 2 heterocycles. The van der Waals surface area contributed by atoms with Crippen LogP contribution in [0.25, 0.3) is 0 Å². The van der Waals surface area contributed by atoms with Crippen LogP contribution in [0, 0.1) is 0 Å². The van der Waals surface area contributed by atoms with Gasteiger partial charge in [-0.2, -0.15) is 4.99 Å². The zero-order valence-electron chi connectivity index (χ0n) is 15.9. The summed E-state index contributed by atoms with van der Waals surface area (Å²) in [5, 5.41) is 0. The molecule has 2 aromatic rings. The molecule has 0 saturated heterocycles. The number of carbonyl (C=O) groups is 1. The Bertz CT molecular complexity index is 996. The molecule has 9 heteroatoms. The highest BCUT2D eigenvalue weighted by atomic mass is 16.5. The lowest BCUT2D eigenvalue weighted by atomic mass is 9.87. The lowest BCUT2D eigenvalue weighted by Gasteiger charge is -2.45. The molecule has 150 valence electrons. The van der Waals surface area contributed by atoms with E-state index in [9.17, 15) is 4.79 Å². The summed E-state index contributed by atoms with van der Waals surface area (Å²) in [5.74, 6) is 0.947. The minimum Gasteiger partial charge on any atom is -0.457 e. The quantitative estimate of drug-likeness (QED) is 0.725. The summed E-state index contributed by atoms with van der Waals surface area (Å²) in [6.07, 6.45) is 6.43. The number of aliphatic imine (C=N–C) groups is 2. The number of pyridine rings is 1. The topological polar surface area (TPSA) is 145 Å². The van der Waals surface area contributed by atoms with Crippen LogP contribution in [0.2, 0.25) is 0 Å². The summed E-state index contributed by atoms with van der Waals surface area (Å²) in [6.45, 7) is 0. The van der Waals surface area contributed by atoms with Crippen LogP contribution in [0.15, 0.2) is 52.6 Å². The van der Waals surface area contributed by atoms with E-state index in [1.807, 2.05) is 29.2 Å². The number of hydrogen-bond donors (Lipinski definition) is 3. The second-order valence-corrected chi connectivity index (χ2v) is 7.16. The number of guanidine groups is 2. The zero-order chi connectivity index (χ0) is 20.4. The Balaban J connectivity index is 1.66. The van der Waals surface area contributed by atoms with Crippen LogP contribution in [0.5, 0.6) is 11.5 Å². The third-order valence-electron chi connectivity index (χ3n) is 5.15. The van der Waals surface area contributed by atoms with Crippen LogP contribution >= 0.6 is 0 Å². The van der Waals surface area contributed by atoms with E-state index >= 15 is 0 Å². The highest BCUT2D eigenvalue weighted by Crippen LogP contribution is 2.40. The van der Waals surface area contributed by atoms with Gasteiger partial charge in [0.25, 0.3) is 5.91 Å². The Labute approximate surface area is 168 Å². The average molecular weight is 393 g/mol. The van der Waals surface area contributed by atoms with Gasteiger partial charge >= 0.3 is 0 Å². The number of ether oxygens (including phenoxy) is 1. The number of anilines is 1. The Kier molecular flexibility index (Phi) is 4.79. The maximum atomic E-state index is 11.3. The predicted molar refractivity (Wildman–Crippen MR) is 111 cm³/mol. The molecule has 29 heavy (non-hydrogen) atoms. The fourth-order valence-corrected chi connectivity index (χ4v) is 3.93. The van der Waals surface area contributed by atoms with E-state index in [4.69, 9.17) is 21.9 Å². The number of benzene rings is 1. The van der Waals surface area contributed by atoms with Gasteiger partial charge in [-0.15, -0.1) is 0 Å². The van der Waals surface area contributed by atoms with Crippen molar-refractivity contribution in [1.29, 1.82) is 0 Å². The fraction of sp³-hybridized carbons (Fsp3) is 0.300. The average Bonchev–Trinajstić information content (AvgIpc) is 2.68. The summed E-state index contributed by atoms with van der Waals surface area (Å²) < 4.78 is 5.92. The van der Waals surface area contributed by atoms with Gasteiger partial charge < -0.3 is 21.9 Å². The molecule has 0 unspecified atom stereocenters.